The Balaban J connectivity index is 1.28. The van der Waals surface area contributed by atoms with Crippen molar-refractivity contribution in [2.24, 2.45) is 5.92 Å². The third-order valence-corrected chi connectivity index (χ3v) is 9.84. The molecule has 11 nitrogen and oxygen atoms in total. The fourth-order valence-corrected chi connectivity index (χ4v) is 6.63. The second-order valence-corrected chi connectivity index (χ2v) is 13.7. The molecule has 278 valence electrons. The summed E-state index contributed by atoms with van der Waals surface area (Å²) < 4.78 is 17.1. The summed E-state index contributed by atoms with van der Waals surface area (Å²) in [6.45, 7) is 4.48. The highest BCUT2D eigenvalue weighted by Gasteiger charge is 2.32. The molecule has 3 aromatic rings. The van der Waals surface area contributed by atoms with Gasteiger partial charge in [0.05, 0.1) is 33.4 Å². The Labute approximate surface area is 306 Å². The standard InChI is InChI=1S/C41H52N4O7/c1-29-10-14-35-25-33(29)27-42-40(48)36(17-13-30-7-4-3-5-8-30)44-41(49)37(26-39(47)45-21-6-9-32(28-45)19-24-52-35)43-38(46)20-23-51-22-18-31-11-15-34(50-2)16-12-31/h3-5,7-8,10-12,14-16,25,32,36-37H,6,9,13,17-24,26-28H2,1-2H3,(H,42,48)(H,43,46)(H,44,49)/t32?,36-,37-/m0/s1. The van der Waals surface area contributed by atoms with Crippen LogP contribution in [-0.4, -0.2) is 80.6 Å². The van der Waals surface area contributed by atoms with Crippen LogP contribution in [0.3, 0.4) is 0 Å². The Bertz CT molecular complexity index is 1630. The topological polar surface area (TPSA) is 135 Å². The summed E-state index contributed by atoms with van der Waals surface area (Å²) in [4.78, 5) is 56.3. The zero-order chi connectivity index (χ0) is 36.7. The lowest BCUT2D eigenvalue weighted by Gasteiger charge is -2.34. The minimum absolute atomic E-state index is 0.0166. The second kappa shape index (κ2) is 19.6. The van der Waals surface area contributed by atoms with Crippen LogP contribution in [0.1, 0.15) is 60.8 Å². The van der Waals surface area contributed by atoms with E-state index in [1.54, 1.807) is 12.0 Å². The SMILES string of the molecule is COc1ccc(CCOCCC(=O)N[C@H]2CC(=O)N3CCCC(CCOc4ccc(C)c(c4)CNC(=O)[C@H](CCc4ccccc4)NC2=O)C3)cc1. The van der Waals surface area contributed by atoms with E-state index >= 15 is 0 Å². The summed E-state index contributed by atoms with van der Waals surface area (Å²) in [6, 6.07) is 21.2. The molecule has 52 heavy (non-hydrogen) atoms. The number of fused-ring (bicyclic) bond motifs is 4. The molecule has 0 aliphatic carbocycles. The minimum Gasteiger partial charge on any atom is -0.497 e. The van der Waals surface area contributed by atoms with Crippen molar-refractivity contribution < 1.29 is 33.4 Å². The lowest BCUT2D eigenvalue weighted by molar-refractivity contribution is -0.138. The predicted molar refractivity (Wildman–Crippen MR) is 198 cm³/mol. The Morgan fingerprint density at radius 1 is 0.942 bits per heavy atom. The van der Waals surface area contributed by atoms with Crippen LogP contribution in [0.25, 0.3) is 0 Å². The summed E-state index contributed by atoms with van der Waals surface area (Å²) in [6.07, 6.45) is 3.97. The van der Waals surface area contributed by atoms with E-state index in [-0.39, 0.29) is 43.7 Å². The van der Waals surface area contributed by atoms with E-state index in [1.807, 2.05) is 79.7 Å². The van der Waals surface area contributed by atoms with Gasteiger partial charge in [0.1, 0.15) is 23.6 Å². The first-order valence-corrected chi connectivity index (χ1v) is 18.4. The number of hydrogen-bond donors (Lipinski definition) is 3. The molecule has 2 aliphatic heterocycles. The van der Waals surface area contributed by atoms with Crippen molar-refractivity contribution in [3.63, 3.8) is 0 Å². The number of nitrogens with one attached hydrogen (secondary N) is 3. The van der Waals surface area contributed by atoms with E-state index in [9.17, 15) is 19.2 Å². The summed E-state index contributed by atoms with van der Waals surface area (Å²) in [5.74, 6) is 0.232. The van der Waals surface area contributed by atoms with Crippen LogP contribution in [-0.2, 0) is 43.3 Å². The lowest BCUT2D eigenvalue weighted by Crippen LogP contribution is -2.55. The zero-order valence-electron chi connectivity index (χ0n) is 30.4. The van der Waals surface area contributed by atoms with E-state index in [0.717, 1.165) is 53.0 Å². The molecule has 1 fully saturated rings. The number of carbonyl (C=O) groups excluding carboxylic acids is 4. The number of amides is 4. The highest BCUT2D eigenvalue weighted by Crippen LogP contribution is 2.23. The molecular weight excluding hydrogens is 660 g/mol. The molecule has 1 saturated heterocycles. The molecule has 11 heteroatoms. The Kier molecular flexibility index (Phi) is 14.5. The monoisotopic (exact) mass is 712 g/mol. The smallest absolute Gasteiger partial charge is 0.243 e. The molecule has 4 amide bonds. The predicted octanol–water partition coefficient (Wildman–Crippen LogP) is 4.28. The van der Waals surface area contributed by atoms with Gasteiger partial charge in [-0.25, -0.2) is 0 Å². The maximum absolute atomic E-state index is 14.0. The number of aryl methyl sites for hydroxylation is 2. The maximum Gasteiger partial charge on any atom is 0.243 e. The molecule has 0 saturated carbocycles. The zero-order valence-corrected chi connectivity index (χ0v) is 30.4. The maximum atomic E-state index is 14.0. The number of rotatable bonds is 11. The van der Waals surface area contributed by atoms with Crippen LogP contribution in [0, 0.1) is 12.8 Å². The van der Waals surface area contributed by atoms with Crippen LogP contribution in [0.15, 0.2) is 72.8 Å². The van der Waals surface area contributed by atoms with Gasteiger partial charge in [-0.3, -0.25) is 19.2 Å². The molecule has 2 heterocycles. The number of ether oxygens (including phenoxy) is 3. The van der Waals surface area contributed by atoms with Gasteiger partial charge in [0.15, 0.2) is 0 Å². The van der Waals surface area contributed by atoms with Gasteiger partial charge in [-0.2, -0.15) is 0 Å². The van der Waals surface area contributed by atoms with Gasteiger partial charge in [0.2, 0.25) is 23.6 Å². The molecule has 4 bridgehead atoms. The van der Waals surface area contributed by atoms with Gasteiger partial charge in [-0.15, -0.1) is 0 Å². The molecule has 0 radical (unpaired) electrons. The highest BCUT2D eigenvalue weighted by atomic mass is 16.5. The first-order chi connectivity index (χ1) is 25.3. The number of piperidine rings is 1. The van der Waals surface area contributed by atoms with Crippen LogP contribution in [0.4, 0.5) is 0 Å². The quantitative estimate of drug-likeness (QED) is 0.253. The average molecular weight is 713 g/mol. The van der Waals surface area contributed by atoms with Gasteiger partial charge in [-0.05, 0) is 97.9 Å². The number of benzene rings is 3. The van der Waals surface area contributed by atoms with E-state index < -0.39 is 23.9 Å². The lowest BCUT2D eigenvalue weighted by atomic mass is 9.94. The van der Waals surface area contributed by atoms with Crippen molar-refractivity contribution in [1.82, 2.24) is 20.9 Å². The molecule has 3 aromatic carbocycles. The van der Waals surface area contributed by atoms with Crippen LogP contribution in [0.5, 0.6) is 11.5 Å². The van der Waals surface area contributed by atoms with Gasteiger partial charge < -0.3 is 35.1 Å². The van der Waals surface area contributed by atoms with E-state index in [1.165, 1.54) is 0 Å². The van der Waals surface area contributed by atoms with Crippen molar-refractivity contribution >= 4 is 23.6 Å². The number of hydrogen-bond acceptors (Lipinski definition) is 7. The third-order valence-electron chi connectivity index (χ3n) is 9.84. The number of methoxy groups -OCH3 is 1. The van der Waals surface area contributed by atoms with Gasteiger partial charge >= 0.3 is 0 Å². The largest absolute Gasteiger partial charge is 0.497 e. The van der Waals surface area contributed by atoms with Crippen molar-refractivity contribution in [2.45, 2.75) is 76.9 Å². The van der Waals surface area contributed by atoms with Gasteiger partial charge in [0, 0.05) is 26.1 Å². The van der Waals surface area contributed by atoms with E-state index in [2.05, 4.69) is 16.0 Å². The van der Waals surface area contributed by atoms with Crippen LogP contribution < -0.4 is 25.4 Å². The summed E-state index contributed by atoms with van der Waals surface area (Å²) >= 11 is 0. The number of nitrogens with zero attached hydrogens (tertiary/aromatic N) is 1. The summed E-state index contributed by atoms with van der Waals surface area (Å²) in [7, 11) is 1.62. The fraction of sp³-hybridized carbons (Fsp3) is 0.463. The average Bonchev–Trinajstić information content (AvgIpc) is 3.16. The highest BCUT2D eigenvalue weighted by molar-refractivity contribution is 5.95. The van der Waals surface area contributed by atoms with Crippen LogP contribution in [0.2, 0.25) is 0 Å². The third kappa shape index (κ3) is 11.8. The molecular formula is C41H52N4O7. The second-order valence-electron chi connectivity index (χ2n) is 13.7. The normalized spacial score (nSPS) is 20.1. The Morgan fingerprint density at radius 2 is 1.73 bits per heavy atom. The Hall–Kier alpha value is -4.90. The van der Waals surface area contributed by atoms with Gasteiger partial charge in [-0.1, -0.05) is 48.5 Å². The molecule has 3 atom stereocenters. The molecule has 0 spiro atoms. The van der Waals surface area contributed by atoms with Gasteiger partial charge in [0.25, 0.3) is 0 Å². The molecule has 3 N–H and O–H groups in total. The molecule has 1 unspecified atom stereocenters. The Morgan fingerprint density at radius 3 is 2.52 bits per heavy atom. The molecule has 2 aliphatic rings. The number of carbonyl (C=O) groups is 4. The fourth-order valence-electron chi connectivity index (χ4n) is 6.63. The van der Waals surface area contributed by atoms with Crippen molar-refractivity contribution in [2.75, 3.05) is 40.0 Å². The van der Waals surface area contributed by atoms with Crippen molar-refractivity contribution in [3.8, 4) is 11.5 Å². The van der Waals surface area contributed by atoms with E-state index in [0.29, 0.717) is 45.6 Å². The first-order valence-electron chi connectivity index (χ1n) is 18.4. The van der Waals surface area contributed by atoms with E-state index in [4.69, 9.17) is 14.2 Å². The first kappa shape index (κ1) is 38.3. The summed E-state index contributed by atoms with van der Waals surface area (Å²) in [5.41, 5.74) is 4.04. The van der Waals surface area contributed by atoms with Crippen LogP contribution >= 0.6 is 0 Å². The van der Waals surface area contributed by atoms with Crippen molar-refractivity contribution in [1.29, 1.82) is 0 Å². The molecule has 0 aromatic heterocycles. The van der Waals surface area contributed by atoms with Crippen molar-refractivity contribution in [3.05, 3.63) is 95.1 Å². The minimum atomic E-state index is -1.16. The molecule has 5 rings (SSSR count). The summed E-state index contributed by atoms with van der Waals surface area (Å²) in [5, 5.41) is 8.69.